The van der Waals surface area contributed by atoms with Crippen molar-refractivity contribution in [2.24, 2.45) is 0 Å². The van der Waals surface area contributed by atoms with Crippen LogP contribution >= 0.6 is 47.2 Å². The Morgan fingerprint density at radius 2 is 1.90 bits per heavy atom. The Hall–Kier alpha value is -1.50. The van der Waals surface area contributed by atoms with E-state index in [-0.39, 0.29) is 12.4 Å². The fourth-order valence-corrected chi connectivity index (χ4v) is 4.09. The summed E-state index contributed by atoms with van der Waals surface area (Å²) in [5, 5.41) is 9.40. The van der Waals surface area contributed by atoms with Crippen LogP contribution in [-0.4, -0.2) is 40.5 Å². The number of piperidine rings is 1. The summed E-state index contributed by atoms with van der Waals surface area (Å²) in [5.41, 5.74) is 1.59. The fraction of sp³-hybridized carbons (Fsp3) is 0.333. The molecule has 1 unspecified atom stereocenters. The molecule has 2 heterocycles. The van der Waals surface area contributed by atoms with Crippen molar-refractivity contribution in [3.8, 4) is 0 Å². The molecule has 3 aromatic rings. The maximum absolute atomic E-state index is 6.25. The highest BCUT2D eigenvalue weighted by Gasteiger charge is 2.20. The third kappa shape index (κ3) is 5.40. The molecular weight excluding hydrogens is 464 g/mol. The normalized spacial score (nSPS) is 16.9. The summed E-state index contributed by atoms with van der Waals surface area (Å²) in [7, 11) is 0. The lowest BCUT2D eigenvalue weighted by Gasteiger charge is -2.32. The quantitative estimate of drug-likeness (QED) is 0.422. The van der Waals surface area contributed by atoms with Gasteiger partial charge in [-0.1, -0.05) is 41.7 Å². The van der Waals surface area contributed by atoms with Gasteiger partial charge in [0.05, 0.1) is 15.6 Å². The van der Waals surface area contributed by atoms with E-state index in [9.17, 15) is 0 Å². The smallest absolute Gasteiger partial charge is 0.229 e. The molecule has 9 heteroatoms. The van der Waals surface area contributed by atoms with Crippen LogP contribution in [0.15, 0.2) is 36.4 Å². The van der Waals surface area contributed by atoms with Gasteiger partial charge >= 0.3 is 0 Å². The molecule has 1 saturated heterocycles. The van der Waals surface area contributed by atoms with Crippen LogP contribution in [0, 0.1) is 0 Å². The van der Waals surface area contributed by atoms with Crippen molar-refractivity contribution in [3.05, 3.63) is 51.5 Å². The van der Waals surface area contributed by atoms with E-state index in [1.807, 2.05) is 24.3 Å². The van der Waals surface area contributed by atoms with Gasteiger partial charge in [-0.15, -0.1) is 12.4 Å². The first-order valence-corrected chi connectivity index (χ1v) is 10.8. The number of hydrogen-bond acceptors (Lipinski definition) is 5. The third-order valence-corrected chi connectivity index (χ3v) is 6.10. The predicted molar refractivity (Wildman–Crippen MR) is 130 cm³/mol. The summed E-state index contributed by atoms with van der Waals surface area (Å²) in [6, 6.07) is 11.3. The number of anilines is 3. The van der Waals surface area contributed by atoms with Gasteiger partial charge in [0, 0.05) is 28.7 Å². The Morgan fingerprint density at radius 3 is 2.67 bits per heavy atom. The van der Waals surface area contributed by atoms with Crippen LogP contribution in [0.4, 0.5) is 17.5 Å². The van der Waals surface area contributed by atoms with E-state index in [0.717, 1.165) is 48.5 Å². The molecule has 4 rings (SSSR count). The largest absolute Gasteiger partial charge is 0.365 e. The zero-order valence-corrected chi connectivity index (χ0v) is 19.5. The highest BCUT2D eigenvalue weighted by atomic mass is 35.5. The van der Waals surface area contributed by atoms with Gasteiger partial charge in [0.15, 0.2) is 0 Å². The first-order chi connectivity index (χ1) is 14.0. The van der Waals surface area contributed by atoms with Crippen LogP contribution in [0.25, 0.3) is 10.9 Å². The topological polar surface area (TPSA) is 53.1 Å². The molecular formula is C21H23Cl4N5. The maximum atomic E-state index is 6.25. The zero-order chi connectivity index (χ0) is 20.4. The molecule has 1 atom stereocenters. The van der Waals surface area contributed by atoms with Gasteiger partial charge in [0.2, 0.25) is 5.95 Å². The average Bonchev–Trinajstić information content (AvgIpc) is 2.71. The summed E-state index contributed by atoms with van der Waals surface area (Å²) in [6.07, 6.45) is 2.28. The minimum Gasteiger partial charge on any atom is -0.365 e. The Labute approximate surface area is 197 Å². The second-order valence-electron chi connectivity index (χ2n) is 7.19. The Bertz CT molecular complexity index is 1030. The van der Waals surface area contributed by atoms with Gasteiger partial charge in [-0.05, 0) is 62.3 Å². The van der Waals surface area contributed by atoms with E-state index < -0.39 is 0 Å². The molecule has 0 saturated carbocycles. The summed E-state index contributed by atoms with van der Waals surface area (Å²) in [5.74, 6) is 1.27. The van der Waals surface area contributed by atoms with Crippen LogP contribution in [0.5, 0.6) is 0 Å². The summed E-state index contributed by atoms with van der Waals surface area (Å²) < 4.78 is 0. The van der Waals surface area contributed by atoms with Crippen molar-refractivity contribution < 1.29 is 0 Å². The zero-order valence-electron chi connectivity index (χ0n) is 16.5. The molecule has 1 fully saturated rings. The minimum absolute atomic E-state index is 0. The van der Waals surface area contributed by atoms with Crippen LogP contribution in [0.3, 0.4) is 0 Å². The average molecular weight is 487 g/mol. The van der Waals surface area contributed by atoms with Gasteiger partial charge in [0.25, 0.3) is 0 Å². The van der Waals surface area contributed by atoms with E-state index in [1.165, 1.54) is 6.42 Å². The highest BCUT2D eigenvalue weighted by Crippen LogP contribution is 2.30. The van der Waals surface area contributed by atoms with Crippen LogP contribution < -0.4 is 10.6 Å². The standard InChI is InChI=1S/C21H22Cl3N5.ClH/c1-2-29-9-3-4-15(12-29)25-20-16-10-13(22)5-8-19(16)27-21(28-20)26-14-6-7-17(23)18(24)11-14;/h5-8,10-11,15H,2-4,9,12H2,1H3,(H2,25,26,27,28);1H. The van der Waals surface area contributed by atoms with Crippen molar-refractivity contribution in [1.82, 2.24) is 14.9 Å². The van der Waals surface area contributed by atoms with Gasteiger partial charge in [-0.3, -0.25) is 0 Å². The first kappa shape index (κ1) is 23.2. The number of likely N-dealkylation sites (N-methyl/N-ethyl adjacent to an activating group) is 1. The van der Waals surface area contributed by atoms with Crippen molar-refractivity contribution in [1.29, 1.82) is 0 Å². The molecule has 30 heavy (non-hydrogen) atoms. The van der Waals surface area contributed by atoms with Gasteiger partial charge in [-0.25, -0.2) is 4.98 Å². The molecule has 1 aromatic heterocycles. The number of nitrogens with zero attached hydrogens (tertiary/aromatic N) is 3. The van der Waals surface area contributed by atoms with Gasteiger partial charge < -0.3 is 15.5 Å². The van der Waals surface area contributed by atoms with Crippen LogP contribution in [0.2, 0.25) is 15.1 Å². The molecule has 160 valence electrons. The van der Waals surface area contributed by atoms with Crippen molar-refractivity contribution in [2.45, 2.75) is 25.8 Å². The number of fused-ring (bicyclic) bond motifs is 1. The van der Waals surface area contributed by atoms with Crippen LogP contribution in [-0.2, 0) is 0 Å². The van der Waals surface area contributed by atoms with E-state index in [1.54, 1.807) is 12.1 Å². The van der Waals surface area contributed by atoms with Gasteiger partial charge in [0.1, 0.15) is 5.82 Å². The molecule has 0 spiro atoms. The lowest BCUT2D eigenvalue weighted by atomic mass is 10.1. The summed E-state index contributed by atoms with van der Waals surface area (Å²) in [4.78, 5) is 11.8. The number of hydrogen-bond donors (Lipinski definition) is 2. The van der Waals surface area contributed by atoms with E-state index in [0.29, 0.717) is 27.1 Å². The Balaban J connectivity index is 0.00000256. The lowest BCUT2D eigenvalue weighted by Crippen LogP contribution is -2.42. The van der Waals surface area contributed by atoms with E-state index in [2.05, 4.69) is 27.4 Å². The fourth-order valence-electron chi connectivity index (χ4n) is 3.62. The Morgan fingerprint density at radius 1 is 1.07 bits per heavy atom. The molecule has 2 N–H and O–H groups in total. The monoisotopic (exact) mass is 485 g/mol. The van der Waals surface area contributed by atoms with Crippen molar-refractivity contribution >= 4 is 75.6 Å². The molecule has 0 radical (unpaired) electrons. The molecule has 0 aliphatic carbocycles. The number of likely N-dealkylation sites (tertiary alicyclic amines) is 1. The second kappa shape index (κ2) is 10.2. The lowest BCUT2D eigenvalue weighted by molar-refractivity contribution is 0.226. The van der Waals surface area contributed by atoms with E-state index in [4.69, 9.17) is 39.8 Å². The molecule has 2 aromatic carbocycles. The predicted octanol–water partition coefficient (Wildman–Crippen LogP) is 6.65. The summed E-state index contributed by atoms with van der Waals surface area (Å²) in [6.45, 7) is 5.40. The number of aromatic nitrogens is 2. The van der Waals surface area contributed by atoms with Crippen molar-refractivity contribution in [2.75, 3.05) is 30.3 Å². The number of benzene rings is 2. The number of halogens is 4. The highest BCUT2D eigenvalue weighted by molar-refractivity contribution is 6.42. The van der Waals surface area contributed by atoms with Crippen molar-refractivity contribution in [3.63, 3.8) is 0 Å². The Kier molecular flexibility index (Phi) is 7.88. The number of rotatable bonds is 5. The van der Waals surface area contributed by atoms with Gasteiger partial charge in [-0.2, -0.15) is 4.98 Å². The SMILES string of the molecule is CCN1CCCC(Nc2nc(Nc3ccc(Cl)c(Cl)c3)nc3ccc(Cl)cc23)C1.Cl. The second-order valence-corrected chi connectivity index (χ2v) is 8.44. The molecule has 1 aliphatic rings. The number of nitrogens with one attached hydrogen (secondary N) is 2. The maximum Gasteiger partial charge on any atom is 0.229 e. The van der Waals surface area contributed by atoms with Crippen LogP contribution in [0.1, 0.15) is 19.8 Å². The minimum atomic E-state index is 0. The molecule has 0 amide bonds. The van der Waals surface area contributed by atoms with E-state index >= 15 is 0 Å². The first-order valence-electron chi connectivity index (χ1n) is 9.70. The molecule has 0 bridgehead atoms. The summed E-state index contributed by atoms with van der Waals surface area (Å²) >= 11 is 18.4. The molecule has 1 aliphatic heterocycles. The molecule has 5 nitrogen and oxygen atoms in total. The third-order valence-electron chi connectivity index (χ3n) is 5.13.